The number of alkyl halides is 1. The van der Waals surface area contributed by atoms with Crippen LogP contribution in [0.2, 0.25) is 0 Å². The number of hydrogen-bond acceptors (Lipinski definition) is 9. The van der Waals surface area contributed by atoms with Gasteiger partial charge >= 0.3 is 8.25 Å². The van der Waals surface area contributed by atoms with E-state index in [-0.39, 0.29) is 12.4 Å². The molecule has 0 aliphatic carbocycles. The highest BCUT2D eigenvalue weighted by Crippen LogP contribution is 2.38. The van der Waals surface area contributed by atoms with E-state index in [1.165, 1.54) is 26.3 Å². The van der Waals surface area contributed by atoms with Crippen LogP contribution in [-0.4, -0.2) is 63.0 Å². The van der Waals surface area contributed by atoms with Crippen LogP contribution in [-0.2, 0) is 32.6 Å². The van der Waals surface area contributed by atoms with Gasteiger partial charge in [-0.2, -0.15) is 0 Å². The average molecular weight is 408 g/mol. The normalized spacial score (nSPS) is 34.6. The SMILES string of the molecule is COC[C@H]1O[C@@H](N/C=C\C(C)=O)[C@H](O[P+](=O)O[C@@H]2CC[C@H](N=CN)O2)[C@@H]1F. The zero-order chi connectivity index (χ0) is 19.8. The van der Waals surface area contributed by atoms with E-state index in [9.17, 15) is 13.8 Å². The van der Waals surface area contributed by atoms with Crippen molar-refractivity contribution in [1.29, 1.82) is 0 Å². The van der Waals surface area contributed by atoms with Gasteiger partial charge in [-0.05, 0) is 19.4 Å². The molecule has 0 saturated carbocycles. The zero-order valence-electron chi connectivity index (χ0n) is 15.0. The van der Waals surface area contributed by atoms with Gasteiger partial charge < -0.3 is 25.3 Å². The highest BCUT2D eigenvalue weighted by Gasteiger charge is 2.51. The van der Waals surface area contributed by atoms with Crippen LogP contribution in [0.4, 0.5) is 4.39 Å². The van der Waals surface area contributed by atoms with E-state index in [1.807, 2.05) is 0 Å². The molecular weight excluding hydrogens is 384 g/mol. The maximum atomic E-state index is 14.6. The number of nitrogens with one attached hydrogen (secondary N) is 1. The number of halogens is 1. The highest BCUT2D eigenvalue weighted by molar-refractivity contribution is 7.33. The van der Waals surface area contributed by atoms with Gasteiger partial charge in [0, 0.05) is 24.3 Å². The molecule has 2 heterocycles. The van der Waals surface area contributed by atoms with E-state index in [1.54, 1.807) is 0 Å². The lowest BCUT2D eigenvalue weighted by atomic mass is 10.1. The number of nitrogens with zero attached hydrogens (tertiary/aromatic N) is 1. The predicted molar refractivity (Wildman–Crippen MR) is 92.5 cm³/mol. The van der Waals surface area contributed by atoms with Crippen molar-refractivity contribution in [2.75, 3.05) is 13.7 Å². The summed E-state index contributed by atoms with van der Waals surface area (Å²) in [7, 11) is -1.28. The van der Waals surface area contributed by atoms with Crippen LogP contribution >= 0.6 is 8.25 Å². The van der Waals surface area contributed by atoms with Gasteiger partial charge in [0.2, 0.25) is 6.29 Å². The summed E-state index contributed by atoms with van der Waals surface area (Å²) in [4.78, 5) is 14.8. The summed E-state index contributed by atoms with van der Waals surface area (Å²) in [6.07, 6.45) is -1.32. The largest absolute Gasteiger partial charge is 0.700 e. The van der Waals surface area contributed by atoms with Crippen LogP contribution in [0.1, 0.15) is 19.8 Å². The molecule has 27 heavy (non-hydrogen) atoms. The Hall–Kier alpha value is -1.49. The maximum Gasteiger partial charge on any atom is 0.700 e. The lowest BCUT2D eigenvalue weighted by Gasteiger charge is -2.14. The molecular formula is C15H24FN3O7P+. The molecule has 2 saturated heterocycles. The highest BCUT2D eigenvalue weighted by atomic mass is 31.1. The van der Waals surface area contributed by atoms with Crippen LogP contribution in [0.25, 0.3) is 0 Å². The van der Waals surface area contributed by atoms with Crippen molar-refractivity contribution in [2.24, 2.45) is 10.7 Å². The Bertz CT molecular complexity index is 580. The first-order valence-corrected chi connectivity index (χ1v) is 9.45. The van der Waals surface area contributed by atoms with Gasteiger partial charge in [0.1, 0.15) is 6.10 Å². The summed E-state index contributed by atoms with van der Waals surface area (Å²) in [6, 6.07) is 0. The average Bonchev–Trinajstić information content (AvgIpc) is 3.15. The quantitative estimate of drug-likeness (QED) is 0.234. The predicted octanol–water partition coefficient (Wildman–Crippen LogP) is 0.897. The van der Waals surface area contributed by atoms with Crippen molar-refractivity contribution in [3.8, 4) is 0 Å². The minimum Gasteiger partial charge on any atom is -0.390 e. The van der Waals surface area contributed by atoms with E-state index in [0.717, 1.165) is 6.34 Å². The molecule has 0 aromatic carbocycles. The van der Waals surface area contributed by atoms with Crippen molar-refractivity contribution in [3.63, 3.8) is 0 Å². The smallest absolute Gasteiger partial charge is 0.390 e. The van der Waals surface area contributed by atoms with Crippen LogP contribution in [0.3, 0.4) is 0 Å². The fourth-order valence-electron chi connectivity index (χ4n) is 2.62. The molecule has 3 N–H and O–H groups in total. The summed E-state index contributed by atoms with van der Waals surface area (Å²) in [6.45, 7) is 1.35. The third kappa shape index (κ3) is 6.56. The molecule has 0 bridgehead atoms. The first kappa shape index (κ1) is 21.8. The van der Waals surface area contributed by atoms with E-state index in [0.29, 0.717) is 12.8 Å². The molecule has 0 aromatic heterocycles. The van der Waals surface area contributed by atoms with Crippen molar-refractivity contribution in [1.82, 2.24) is 5.32 Å². The summed E-state index contributed by atoms with van der Waals surface area (Å²) in [5.74, 6) is -0.203. The number of aliphatic imine (C=N–C) groups is 1. The minimum absolute atomic E-state index is 0.0161. The second kappa shape index (κ2) is 10.7. The number of ether oxygens (including phenoxy) is 3. The van der Waals surface area contributed by atoms with Crippen LogP contribution in [0.5, 0.6) is 0 Å². The van der Waals surface area contributed by atoms with Crippen molar-refractivity contribution in [3.05, 3.63) is 12.3 Å². The second-order valence-electron chi connectivity index (χ2n) is 5.90. The molecule has 0 spiro atoms. The summed E-state index contributed by atoms with van der Waals surface area (Å²) in [5, 5.41) is 2.71. The van der Waals surface area contributed by atoms with Gasteiger partial charge in [-0.1, -0.05) is 4.52 Å². The third-order valence-electron chi connectivity index (χ3n) is 3.82. The fraction of sp³-hybridized carbons (Fsp3) is 0.733. The summed E-state index contributed by atoms with van der Waals surface area (Å²) in [5.41, 5.74) is 5.20. The molecule has 2 fully saturated rings. The van der Waals surface area contributed by atoms with Crippen LogP contribution < -0.4 is 11.1 Å². The van der Waals surface area contributed by atoms with Crippen molar-refractivity contribution in [2.45, 2.75) is 56.9 Å². The molecule has 152 valence electrons. The lowest BCUT2D eigenvalue weighted by molar-refractivity contribution is -0.112. The van der Waals surface area contributed by atoms with E-state index in [2.05, 4.69) is 10.3 Å². The molecule has 7 atom stereocenters. The maximum absolute atomic E-state index is 14.6. The van der Waals surface area contributed by atoms with Crippen LogP contribution in [0, 0.1) is 0 Å². The Morgan fingerprint density at radius 2 is 2.19 bits per heavy atom. The van der Waals surface area contributed by atoms with Gasteiger partial charge in [0.25, 0.3) is 0 Å². The molecule has 2 aliphatic heterocycles. The van der Waals surface area contributed by atoms with Gasteiger partial charge in [-0.15, -0.1) is 4.52 Å². The zero-order valence-corrected chi connectivity index (χ0v) is 15.9. The van der Waals surface area contributed by atoms with Crippen molar-refractivity contribution < 1.29 is 37.0 Å². The van der Waals surface area contributed by atoms with Gasteiger partial charge in [-0.3, -0.25) is 4.79 Å². The fourth-order valence-corrected chi connectivity index (χ4v) is 3.44. The molecule has 0 radical (unpaired) electrons. The third-order valence-corrected chi connectivity index (χ3v) is 4.64. The first-order valence-electron chi connectivity index (χ1n) is 8.36. The van der Waals surface area contributed by atoms with Crippen molar-refractivity contribution >= 4 is 20.4 Å². The molecule has 2 aliphatic rings. The Balaban J connectivity index is 1.92. The molecule has 12 heteroatoms. The van der Waals surface area contributed by atoms with Gasteiger partial charge in [-0.25, -0.2) is 9.38 Å². The number of nitrogens with two attached hydrogens (primary N) is 1. The van der Waals surface area contributed by atoms with E-state index >= 15 is 0 Å². The van der Waals surface area contributed by atoms with Gasteiger partial charge in [0.05, 0.1) is 12.9 Å². The number of allylic oxidation sites excluding steroid dienone is 1. The van der Waals surface area contributed by atoms with E-state index < -0.39 is 45.4 Å². The molecule has 0 aromatic rings. The molecule has 10 nitrogen and oxygen atoms in total. The molecule has 0 amide bonds. The number of ketones is 1. The Kier molecular flexibility index (Phi) is 8.68. The molecule has 2 rings (SSSR count). The Morgan fingerprint density at radius 3 is 2.85 bits per heavy atom. The molecule has 1 unspecified atom stereocenters. The van der Waals surface area contributed by atoms with Gasteiger partial charge in [0.15, 0.2) is 30.5 Å². The number of rotatable bonds is 10. The second-order valence-corrected chi connectivity index (χ2v) is 6.77. The first-order chi connectivity index (χ1) is 12.9. The standard InChI is InChI=1S/C15H23FN3O7P/c1-9(20)5-6-18-15-14(13(16)10(23-15)7-22-2)26-27(21)25-12-4-3-11(24-12)19-8-17/h5-6,8,10-15H,3-4,7H2,1-2H3,(H2-,17,18,19,20)/p+1/t10-,11-,12-,13-,14-,15-/m1/s1. The minimum atomic E-state index is -2.69. The summed E-state index contributed by atoms with van der Waals surface area (Å²) < 4.78 is 52.9. The number of carbonyl (C=O) groups excluding carboxylic acids is 1. The number of methoxy groups -OCH3 is 1. The van der Waals surface area contributed by atoms with E-state index in [4.69, 9.17) is 29.0 Å². The Morgan fingerprint density at radius 1 is 1.41 bits per heavy atom. The monoisotopic (exact) mass is 408 g/mol. The number of hydrogen-bond donors (Lipinski definition) is 2. The van der Waals surface area contributed by atoms with Crippen LogP contribution in [0.15, 0.2) is 17.3 Å². The summed E-state index contributed by atoms with van der Waals surface area (Å²) >= 11 is 0. The topological polar surface area (TPSA) is 131 Å². The Labute approximate surface area is 157 Å². The number of carbonyl (C=O) groups is 1. The lowest BCUT2D eigenvalue weighted by Crippen LogP contribution is -2.38.